The Kier molecular flexibility index (Phi) is 5.83. The summed E-state index contributed by atoms with van der Waals surface area (Å²) in [5, 5.41) is 3.08. The molecule has 0 fully saturated rings. The number of nitrogens with one attached hydrogen (secondary N) is 1. The Morgan fingerprint density at radius 1 is 1.00 bits per heavy atom. The van der Waals surface area contributed by atoms with Crippen molar-refractivity contribution in [2.75, 3.05) is 18.5 Å². The van der Waals surface area contributed by atoms with E-state index in [4.69, 9.17) is 4.74 Å². The van der Waals surface area contributed by atoms with Gasteiger partial charge in [0.05, 0.1) is 6.61 Å². The van der Waals surface area contributed by atoms with Crippen molar-refractivity contribution in [3.05, 3.63) is 54.6 Å². The first-order valence-corrected chi connectivity index (χ1v) is 7.34. The number of unbranched alkanes of at least 4 members (excludes halogenated alkanes) is 1. The second-order valence-corrected chi connectivity index (χ2v) is 4.87. The van der Waals surface area contributed by atoms with Crippen LogP contribution in [0.1, 0.15) is 19.8 Å². The van der Waals surface area contributed by atoms with Gasteiger partial charge in [0.2, 0.25) is 0 Å². The first kappa shape index (κ1) is 15.1. The maximum absolute atomic E-state index is 11.5. The Morgan fingerprint density at radius 3 is 2.33 bits per heavy atom. The Bertz CT molecular complexity index is 549. The van der Waals surface area contributed by atoms with Crippen molar-refractivity contribution in [2.45, 2.75) is 19.8 Å². The topological polar surface area (TPSA) is 38.3 Å². The fraction of sp³-hybridized carbons (Fsp3) is 0.278. The van der Waals surface area contributed by atoms with Crippen LogP contribution in [-0.4, -0.2) is 19.1 Å². The van der Waals surface area contributed by atoms with Gasteiger partial charge < -0.3 is 10.1 Å². The quantitative estimate of drug-likeness (QED) is 0.614. The molecule has 2 aromatic carbocycles. The van der Waals surface area contributed by atoms with Crippen molar-refractivity contribution in [1.29, 1.82) is 0 Å². The van der Waals surface area contributed by atoms with Gasteiger partial charge in [-0.3, -0.25) is 4.79 Å². The second-order valence-electron chi connectivity index (χ2n) is 4.87. The average molecular weight is 283 g/mol. The Labute approximate surface area is 126 Å². The largest absolute Gasteiger partial charge is 0.464 e. The number of hydrogen-bond donors (Lipinski definition) is 1. The predicted molar refractivity (Wildman–Crippen MR) is 86.2 cm³/mol. The Hall–Kier alpha value is -2.29. The smallest absolute Gasteiger partial charge is 0.325 e. The van der Waals surface area contributed by atoms with E-state index in [0.717, 1.165) is 24.1 Å². The highest BCUT2D eigenvalue weighted by Gasteiger charge is 2.02. The minimum Gasteiger partial charge on any atom is -0.464 e. The lowest BCUT2D eigenvalue weighted by Gasteiger charge is -2.08. The number of esters is 1. The summed E-state index contributed by atoms with van der Waals surface area (Å²) in [6.07, 6.45) is 1.94. The number of benzene rings is 2. The van der Waals surface area contributed by atoms with Gasteiger partial charge in [-0.15, -0.1) is 0 Å². The molecule has 0 radical (unpaired) electrons. The first-order chi connectivity index (χ1) is 10.3. The third kappa shape index (κ3) is 4.95. The van der Waals surface area contributed by atoms with Crippen LogP contribution in [0.5, 0.6) is 0 Å². The minimum absolute atomic E-state index is 0.203. The second kappa shape index (κ2) is 8.10. The number of anilines is 1. The van der Waals surface area contributed by atoms with Crippen LogP contribution in [0.25, 0.3) is 11.1 Å². The molecule has 3 heteroatoms. The molecule has 0 unspecified atom stereocenters. The lowest BCUT2D eigenvalue weighted by molar-refractivity contribution is -0.141. The molecule has 0 atom stereocenters. The van der Waals surface area contributed by atoms with Crippen LogP contribution in [-0.2, 0) is 9.53 Å². The van der Waals surface area contributed by atoms with Gasteiger partial charge in [-0.25, -0.2) is 0 Å². The molecule has 0 aromatic heterocycles. The number of hydrogen-bond acceptors (Lipinski definition) is 3. The molecular formula is C18H21NO2. The fourth-order valence-electron chi connectivity index (χ4n) is 1.97. The molecule has 2 rings (SSSR count). The molecule has 2 aromatic rings. The molecule has 0 saturated heterocycles. The van der Waals surface area contributed by atoms with Crippen LogP contribution in [0.4, 0.5) is 5.69 Å². The molecule has 0 aliphatic heterocycles. The van der Waals surface area contributed by atoms with Gasteiger partial charge in [0, 0.05) is 5.69 Å². The highest BCUT2D eigenvalue weighted by Crippen LogP contribution is 2.20. The zero-order valence-corrected chi connectivity index (χ0v) is 12.3. The zero-order chi connectivity index (χ0) is 14.9. The summed E-state index contributed by atoms with van der Waals surface area (Å²) < 4.78 is 5.10. The summed E-state index contributed by atoms with van der Waals surface area (Å²) in [5.41, 5.74) is 3.26. The van der Waals surface area contributed by atoms with Gasteiger partial charge in [-0.2, -0.15) is 0 Å². The van der Waals surface area contributed by atoms with Crippen LogP contribution in [0.3, 0.4) is 0 Å². The monoisotopic (exact) mass is 283 g/mol. The molecule has 21 heavy (non-hydrogen) atoms. The Balaban J connectivity index is 1.84. The Morgan fingerprint density at radius 2 is 1.67 bits per heavy atom. The molecule has 0 heterocycles. The molecule has 0 aliphatic carbocycles. The van der Waals surface area contributed by atoms with Crippen molar-refractivity contribution < 1.29 is 9.53 Å². The predicted octanol–water partition coefficient (Wildman–Crippen LogP) is 4.11. The number of rotatable bonds is 7. The lowest BCUT2D eigenvalue weighted by atomic mass is 10.1. The van der Waals surface area contributed by atoms with E-state index < -0.39 is 0 Å². The summed E-state index contributed by atoms with van der Waals surface area (Å²) in [5.74, 6) is -0.212. The van der Waals surface area contributed by atoms with E-state index >= 15 is 0 Å². The zero-order valence-electron chi connectivity index (χ0n) is 12.3. The van der Waals surface area contributed by atoms with E-state index in [1.54, 1.807) is 0 Å². The summed E-state index contributed by atoms with van der Waals surface area (Å²) in [6.45, 7) is 2.78. The molecule has 0 amide bonds. The van der Waals surface area contributed by atoms with Crippen LogP contribution in [0.15, 0.2) is 54.6 Å². The molecule has 0 aliphatic rings. The number of carbonyl (C=O) groups is 1. The van der Waals surface area contributed by atoms with E-state index in [2.05, 4.69) is 24.4 Å². The highest BCUT2D eigenvalue weighted by molar-refractivity contribution is 5.75. The summed E-state index contributed by atoms with van der Waals surface area (Å²) in [6, 6.07) is 18.2. The maximum atomic E-state index is 11.5. The standard InChI is InChI=1S/C18H21NO2/c1-2-3-13-21-18(20)14-19-17-11-9-16(10-12-17)15-7-5-4-6-8-15/h4-12,19H,2-3,13-14H2,1H3. The van der Waals surface area contributed by atoms with Crippen molar-refractivity contribution in [3.63, 3.8) is 0 Å². The van der Waals surface area contributed by atoms with Crippen LogP contribution < -0.4 is 5.32 Å². The van der Waals surface area contributed by atoms with Gasteiger partial charge in [0.15, 0.2) is 0 Å². The normalized spacial score (nSPS) is 10.1. The lowest BCUT2D eigenvalue weighted by Crippen LogP contribution is -2.17. The molecule has 110 valence electrons. The van der Waals surface area contributed by atoms with Gasteiger partial charge in [-0.05, 0) is 29.7 Å². The summed E-state index contributed by atoms with van der Waals surface area (Å²) >= 11 is 0. The molecule has 3 nitrogen and oxygen atoms in total. The molecular weight excluding hydrogens is 262 g/mol. The van der Waals surface area contributed by atoms with Gasteiger partial charge in [0.1, 0.15) is 6.54 Å². The van der Waals surface area contributed by atoms with Crippen molar-refractivity contribution >= 4 is 11.7 Å². The third-order valence-corrected chi connectivity index (χ3v) is 3.19. The summed E-state index contributed by atoms with van der Waals surface area (Å²) in [4.78, 5) is 11.5. The number of carbonyl (C=O) groups excluding carboxylic acids is 1. The van der Waals surface area contributed by atoms with Gasteiger partial charge in [-0.1, -0.05) is 55.8 Å². The van der Waals surface area contributed by atoms with Crippen molar-refractivity contribution in [2.24, 2.45) is 0 Å². The molecule has 0 bridgehead atoms. The molecule has 0 saturated carbocycles. The third-order valence-electron chi connectivity index (χ3n) is 3.19. The van der Waals surface area contributed by atoms with E-state index in [1.807, 2.05) is 42.5 Å². The SMILES string of the molecule is CCCCOC(=O)CNc1ccc(-c2ccccc2)cc1. The molecule has 1 N–H and O–H groups in total. The number of ether oxygens (including phenoxy) is 1. The maximum Gasteiger partial charge on any atom is 0.325 e. The van der Waals surface area contributed by atoms with Gasteiger partial charge >= 0.3 is 5.97 Å². The van der Waals surface area contributed by atoms with Crippen molar-refractivity contribution in [1.82, 2.24) is 0 Å². The van der Waals surface area contributed by atoms with E-state index in [1.165, 1.54) is 5.56 Å². The van der Waals surface area contributed by atoms with E-state index in [-0.39, 0.29) is 12.5 Å². The minimum atomic E-state index is -0.212. The summed E-state index contributed by atoms with van der Waals surface area (Å²) in [7, 11) is 0. The average Bonchev–Trinajstić information content (AvgIpc) is 2.54. The van der Waals surface area contributed by atoms with Crippen LogP contribution in [0.2, 0.25) is 0 Å². The highest BCUT2D eigenvalue weighted by atomic mass is 16.5. The van der Waals surface area contributed by atoms with Crippen LogP contribution in [0, 0.1) is 0 Å². The van der Waals surface area contributed by atoms with E-state index in [0.29, 0.717) is 6.61 Å². The van der Waals surface area contributed by atoms with Gasteiger partial charge in [0.25, 0.3) is 0 Å². The fourth-order valence-corrected chi connectivity index (χ4v) is 1.97. The van der Waals surface area contributed by atoms with Crippen molar-refractivity contribution in [3.8, 4) is 11.1 Å². The van der Waals surface area contributed by atoms with Crippen LogP contribution >= 0.6 is 0 Å². The first-order valence-electron chi connectivity index (χ1n) is 7.34. The van der Waals surface area contributed by atoms with E-state index in [9.17, 15) is 4.79 Å². The molecule has 0 spiro atoms.